The molecule has 6 heteroatoms. The molecule has 1 unspecified atom stereocenters. The number of halogens is 2. The van der Waals surface area contributed by atoms with Crippen LogP contribution in [-0.4, -0.2) is 20.6 Å². The molecule has 0 amide bonds. The standard InChI is InChI=1S/C31H30Cl2N2O2/c1-3-35-20-29(27-15-14-26(32)19-28(27)33)34-30(35)16-9-22-5-10-24(11-6-22)25-12-7-23(8-13-25)18-21(2)4-17-31(36)37/h5-16,19-21H,3-4,17-18H2,1-2H3,(H,36,37). The van der Waals surface area contributed by atoms with Crippen LogP contribution in [0.4, 0.5) is 0 Å². The van der Waals surface area contributed by atoms with Crippen molar-refractivity contribution in [3.8, 4) is 22.4 Å². The molecule has 1 N–H and O–H groups in total. The number of hydrogen-bond donors (Lipinski definition) is 1. The second-order valence-corrected chi connectivity index (χ2v) is 10.1. The number of aryl methyl sites for hydroxylation is 1. The Morgan fingerprint density at radius 1 is 1.00 bits per heavy atom. The fourth-order valence-electron chi connectivity index (χ4n) is 4.31. The molecule has 0 fully saturated rings. The molecule has 0 aliphatic carbocycles. The van der Waals surface area contributed by atoms with Crippen LogP contribution in [0.5, 0.6) is 0 Å². The van der Waals surface area contributed by atoms with Crippen LogP contribution in [0, 0.1) is 5.92 Å². The van der Waals surface area contributed by atoms with Gasteiger partial charge in [0.15, 0.2) is 0 Å². The summed E-state index contributed by atoms with van der Waals surface area (Å²) in [5.74, 6) is 0.472. The van der Waals surface area contributed by atoms with Crippen LogP contribution in [0.1, 0.15) is 43.6 Å². The van der Waals surface area contributed by atoms with Gasteiger partial charge in [-0.05, 0) is 72.2 Å². The average molecular weight is 533 g/mol. The lowest BCUT2D eigenvalue weighted by Crippen LogP contribution is -2.04. The minimum Gasteiger partial charge on any atom is -0.481 e. The molecular formula is C31H30Cl2N2O2. The summed E-state index contributed by atoms with van der Waals surface area (Å²) in [5, 5.41) is 10.1. The smallest absolute Gasteiger partial charge is 0.303 e. The van der Waals surface area contributed by atoms with Crippen molar-refractivity contribution < 1.29 is 9.90 Å². The molecule has 0 bridgehead atoms. The molecule has 3 aromatic carbocycles. The van der Waals surface area contributed by atoms with Gasteiger partial charge in [-0.15, -0.1) is 0 Å². The second kappa shape index (κ2) is 12.3. The minimum absolute atomic E-state index is 0.220. The van der Waals surface area contributed by atoms with Crippen molar-refractivity contribution in [3.05, 3.63) is 99.9 Å². The zero-order valence-corrected chi connectivity index (χ0v) is 22.5. The van der Waals surface area contributed by atoms with E-state index in [0.717, 1.165) is 46.7 Å². The fraction of sp³-hybridized carbons (Fsp3) is 0.226. The van der Waals surface area contributed by atoms with Crippen molar-refractivity contribution in [2.75, 3.05) is 0 Å². The second-order valence-electron chi connectivity index (χ2n) is 9.29. The summed E-state index contributed by atoms with van der Waals surface area (Å²) in [5.41, 5.74) is 6.30. The van der Waals surface area contributed by atoms with E-state index in [1.54, 1.807) is 6.07 Å². The molecule has 0 aliphatic rings. The van der Waals surface area contributed by atoms with Gasteiger partial charge < -0.3 is 9.67 Å². The first-order valence-electron chi connectivity index (χ1n) is 12.4. The third-order valence-corrected chi connectivity index (χ3v) is 6.96. The lowest BCUT2D eigenvalue weighted by Gasteiger charge is -2.11. The van der Waals surface area contributed by atoms with Crippen LogP contribution >= 0.6 is 23.2 Å². The first kappa shape index (κ1) is 26.7. The number of nitrogens with zero attached hydrogens (tertiary/aromatic N) is 2. The Balaban J connectivity index is 1.43. The third-order valence-electron chi connectivity index (χ3n) is 6.41. The van der Waals surface area contributed by atoms with Gasteiger partial charge in [-0.1, -0.05) is 84.7 Å². The summed E-state index contributed by atoms with van der Waals surface area (Å²) in [4.78, 5) is 15.6. The predicted molar refractivity (Wildman–Crippen MR) is 154 cm³/mol. The molecule has 0 radical (unpaired) electrons. The Hall–Kier alpha value is -3.34. The number of hydrogen-bond acceptors (Lipinski definition) is 2. The van der Waals surface area contributed by atoms with Crippen molar-refractivity contribution in [3.63, 3.8) is 0 Å². The van der Waals surface area contributed by atoms with Crippen LogP contribution < -0.4 is 0 Å². The number of aliphatic carboxylic acids is 1. The van der Waals surface area contributed by atoms with Gasteiger partial charge in [-0.25, -0.2) is 4.98 Å². The monoisotopic (exact) mass is 532 g/mol. The van der Waals surface area contributed by atoms with Gasteiger partial charge in [0, 0.05) is 29.7 Å². The summed E-state index contributed by atoms with van der Waals surface area (Å²) >= 11 is 12.4. The summed E-state index contributed by atoms with van der Waals surface area (Å²) in [7, 11) is 0. The molecule has 4 aromatic rings. The van der Waals surface area contributed by atoms with Gasteiger partial charge in [0.1, 0.15) is 5.82 Å². The quantitative estimate of drug-likeness (QED) is 0.222. The predicted octanol–water partition coefficient (Wildman–Crippen LogP) is 8.76. The first-order valence-corrected chi connectivity index (χ1v) is 13.2. The number of carbonyl (C=O) groups is 1. The van der Waals surface area contributed by atoms with Gasteiger partial charge >= 0.3 is 5.97 Å². The maximum atomic E-state index is 10.8. The summed E-state index contributed by atoms with van der Waals surface area (Å²) in [6, 6.07) is 22.4. The van der Waals surface area contributed by atoms with E-state index in [4.69, 9.17) is 33.3 Å². The van der Waals surface area contributed by atoms with E-state index in [0.29, 0.717) is 22.4 Å². The molecule has 1 atom stereocenters. The van der Waals surface area contributed by atoms with E-state index in [1.165, 1.54) is 5.56 Å². The van der Waals surface area contributed by atoms with Gasteiger partial charge in [-0.3, -0.25) is 4.79 Å². The van der Waals surface area contributed by atoms with Gasteiger partial charge in [0.05, 0.1) is 10.7 Å². The SMILES string of the molecule is CCn1cc(-c2ccc(Cl)cc2Cl)nc1C=Cc1ccc(-c2ccc(CC(C)CCC(=O)O)cc2)cc1. The Morgan fingerprint density at radius 2 is 1.68 bits per heavy atom. The summed E-state index contributed by atoms with van der Waals surface area (Å²) in [6.45, 7) is 4.98. The normalized spacial score (nSPS) is 12.2. The van der Waals surface area contributed by atoms with Crippen molar-refractivity contribution in [2.45, 2.75) is 39.7 Å². The maximum absolute atomic E-state index is 10.8. The molecule has 0 aliphatic heterocycles. The van der Waals surface area contributed by atoms with E-state index in [9.17, 15) is 4.79 Å². The molecule has 4 rings (SSSR count). The Bertz CT molecular complexity index is 1390. The fourth-order valence-corrected chi connectivity index (χ4v) is 4.81. The van der Waals surface area contributed by atoms with E-state index >= 15 is 0 Å². The summed E-state index contributed by atoms with van der Waals surface area (Å²) < 4.78 is 2.09. The molecule has 1 heterocycles. The van der Waals surface area contributed by atoms with Gasteiger partial charge in [0.2, 0.25) is 0 Å². The number of carboxylic acids is 1. The van der Waals surface area contributed by atoms with E-state index in [-0.39, 0.29) is 6.42 Å². The lowest BCUT2D eigenvalue weighted by atomic mass is 9.95. The van der Waals surface area contributed by atoms with Crippen LogP contribution in [-0.2, 0) is 17.8 Å². The van der Waals surface area contributed by atoms with Crippen LogP contribution in [0.3, 0.4) is 0 Å². The molecule has 190 valence electrons. The molecule has 0 spiro atoms. The highest BCUT2D eigenvalue weighted by atomic mass is 35.5. The molecule has 37 heavy (non-hydrogen) atoms. The highest BCUT2D eigenvalue weighted by Crippen LogP contribution is 2.30. The lowest BCUT2D eigenvalue weighted by molar-refractivity contribution is -0.137. The largest absolute Gasteiger partial charge is 0.481 e. The topological polar surface area (TPSA) is 55.1 Å². The van der Waals surface area contributed by atoms with Crippen LogP contribution in [0.25, 0.3) is 34.5 Å². The van der Waals surface area contributed by atoms with Gasteiger partial charge in [-0.2, -0.15) is 0 Å². The van der Waals surface area contributed by atoms with E-state index in [1.807, 2.05) is 24.4 Å². The zero-order valence-electron chi connectivity index (χ0n) is 21.0. The number of carboxylic acid groups (broad SMARTS) is 1. The van der Waals surface area contributed by atoms with Crippen molar-refractivity contribution >= 4 is 41.3 Å². The molecule has 0 saturated heterocycles. The van der Waals surface area contributed by atoms with Crippen molar-refractivity contribution in [2.24, 2.45) is 5.92 Å². The number of benzene rings is 3. The summed E-state index contributed by atoms with van der Waals surface area (Å²) in [6.07, 6.45) is 7.89. The highest BCUT2D eigenvalue weighted by Gasteiger charge is 2.11. The average Bonchev–Trinajstić information content (AvgIpc) is 3.30. The van der Waals surface area contributed by atoms with Crippen molar-refractivity contribution in [1.82, 2.24) is 9.55 Å². The van der Waals surface area contributed by atoms with Gasteiger partial charge in [0.25, 0.3) is 0 Å². The number of rotatable bonds is 10. The maximum Gasteiger partial charge on any atom is 0.303 e. The Morgan fingerprint density at radius 3 is 2.30 bits per heavy atom. The number of imidazole rings is 1. The van der Waals surface area contributed by atoms with Crippen LogP contribution in [0.2, 0.25) is 10.0 Å². The molecule has 0 saturated carbocycles. The highest BCUT2D eigenvalue weighted by molar-refractivity contribution is 6.36. The Labute approximate surface area is 228 Å². The van der Waals surface area contributed by atoms with Crippen LogP contribution in [0.15, 0.2) is 72.9 Å². The first-order chi connectivity index (χ1) is 17.8. The van der Waals surface area contributed by atoms with E-state index < -0.39 is 5.97 Å². The number of aromatic nitrogens is 2. The molecular weight excluding hydrogens is 503 g/mol. The Kier molecular flexibility index (Phi) is 8.86. The molecule has 4 nitrogen and oxygen atoms in total. The van der Waals surface area contributed by atoms with Crippen molar-refractivity contribution in [1.29, 1.82) is 0 Å². The molecule has 1 aromatic heterocycles. The minimum atomic E-state index is -0.733. The zero-order chi connectivity index (χ0) is 26.4. The van der Waals surface area contributed by atoms with E-state index in [2.05, 4.69) is 73.0 Å². The third kappa shape index (κ3) is 7.12.